The van der Waals surface area contributed by atoms with Crippen molar-refractivity contribution in [3.05, 3.63) is 46.2 Å². The summed E-state index contributed by atoms with van der Waals surface area (Å²) in [5, 5.41) is 54.9. The number of primary amides is 1. The number of nitrogens with zero attached hydrogens (tertiary/aromatic N) is 1. The number of carbonyl (C=O) groups excluding carboxylic acids is 3. The molecule has 0 bridgehead atoms. The molecule has 0 aliphatic heterocycles. The Morgan fingerprint density at radius 1 is 1.16 bits per heavy atom. The lowest BCUT2D eigenvalue weighted by atomic mass is 9.54. The highest BCUT2D eigenvalue weighted by molar-refractivity contribution is 6.24. The average molecular weight is 444 g/mol. The van der Waals surface area contributed by atoms with Gasteiger partial charge in [-0.25, -0.2) is 0 Å². The lowest BCUT2D eigenvalue weighted by Crippen LogP contribution is -2.70. The molecule has 1 fully saturated rings. The van der Waals surface area contributed by atoms with E-state index in [9.17, 15) is 39.9 Å². The molecule has 170 valence electrons. The van der Waals surface area contributed by atoms with Gasteiger partial charge in [0.1, 0.15) is 22.8 Å². The number of aromatic hydroxyl groups is 1. The van der Waals surface area contributed by atoms with E-state index in [2.05, 4.69) is 0 Å². The summed E-state index contributed by atoms with van der Waals surface area (Å²) in [6.07, 6.45) is -1.59. The van der Waals surface area contributed by atoms with Crippen molar-refractivity contribution in [1.29, 1.82) is 0 Å². The molecule has 3 aliphatic carbocycles. The minimum atomic E-state index is -2.89. The van der Waals surface area contributed by atoms with Crippen LogP contribution in [0.1, 0.15) is 24.0 Å². The molecular weight excluding hydrogens is 420 g/mol. The van der Waals surface area contributed by atoms with Crippen LogP contribution < -0.4 is 5.73 Å². The number of phenolic OH excluding ortho intramolecular Hbond substituents is 1. The summed E-state index contributed by atoms with van der Waals surface area (Å²) in [4.78, 5) is 40.0. The average Bonchev–Trinajstić information content (AvgIpc) is 2.70. The second kappa shape index (κ2) is 6.89. The lowest BCUT2D eigenvalue weighted by Gasteiger charge is -2.53. The minimum Gasteiger partial charge on any atom is -0.508 e. The molecule has 6 atom stereocenters. The van der Waals surface area contributed by atoms with E-state index in [1.54, 1.807) is 19.1 Å². The van der Waals surface area contributed by atoms with E-state index >= 15 is 0 Å². The smallest absolute Gasteiger partial charge is 0.255 e. The lowest BCUT2D eigenvalue weighted by molar-refractivity contribution is -0.169. The van der Waals surface area contributed by atoms with Gasteiger partial charge >= 0.3 is 0 Å². The summed E-state index contributed by atoms with van der Waals surface area (Å²) in [7, 11) is 2.92. The zero-order chi connectivity index (χ0) is 23.9. The van der Waals surface area contributed by atoms with Gasteiger partial charge in [-0.05, 0) is 31.6 Å². The van der Waals surface area contributed by atoms with Crippen molar-refractivity contribution in [2.75, 3.05) is 14.1 Å². The van der Waals surface area contributed by atoms with E-state index in [-0.39, 0.29) is 11.3 Å². The van der Waals surface area contributed by atoms with Crippen LogP contribution in [0.2, 0.25) is 0 Å². The number of benzene rings is 1. The van der Waals surface area contributed by atoms with Gasteiger partial charge in [-0.3, -0.25) is 19.3 Å². The molecule has 0 aromatic heterocycles. The number of carbonyl (C=O) groups is 3. The highest BCUT2D eigenvalue weighted by atomic mass is 16.4. The van der Waals surface area contributed by atoms with Crippen LogP contribution in [-0.2, 0) is 14.4 Å². The summed E-state index contributed by atoms with van der Waals surface area (Å²) < 4.78 is 0. The molecule has 1 saturated carbocycles. The van der Waals surface area contributed by atoms with Crippen molar-refractivity contribution < 1.29 is 39.9 Å². The number of fused-ring (bicyclic) bond motifs is 3. The van der Waals surface area contributed by atoms with Crippen LogP contribution in [0.3, 0.4) is 0 Å². The summed E-state index contributed by atoms with van der Waals surface area (Å²) in [5.41, 5.74) is 1.47. The minimum absolute atomic E-state index is 0.0245. The molecule has 10 nitrogen and oxygen atoms in total. The Morgan fingerprint density at radius 2 is 1.78 bits per heavy atom. The molecule has 0 saturated heterocycles. The van der Waals surface area contributed by atoms with Gasteiger partial charge in [0.15, 0.2) is 11.4 Å². The van der Waals surface area contributed by atoms with Gasteiger partial charge in [-0.15, -0.1) is 0 Å². The predicted octanol–water partition coefficient (Wildman–Crippen LogP) is -0.504. The van der Waals surface area contributed by atoms with E-state index < -0.39 is 75.6 Å². The highest BCUT2D eigenvalue weighted by Gasteiger charge is 2.68. The van der Waals surface area contributed by atoms with Crippen molar-refractivity contribution in [1.82, 2.24) is 4.90 Å². The van der Waals surface area contributed by atoms with Crippen LogP contribution >= 0.6 is 0 Å². The second-order valence-electron chi connectivity index (χ2n) is 8.79. The molecule has 32 heavy (non-hydrogen) atoms. The standard InChI is InChI=1S/C22H24N2O8/c1-7-8-5-4-6-9(25)11(8)16(26)12-10(7)17(27)14-15(24(2)3)18(28)13(21(23)31)20(30)22(14,32)19(12)29/h4-7,10,14-15,17,25-27,30,32H,1-3H3,(H2,23,31)/t7-,10?,14?,15+,17?,22-/m0/s1. The maximum absolute atomic E-state index is 13.7. The molecule has 3 aliphatic rings. The SMILES string of the molecule is C[C@H]1c2cccc(O)c2C(O)=C2C(=O)[C@]3(O)C(O)=C(C(N)=O)C(=O)[C@H](N(C)C)C3C(O)C21. The summed E-state index contributed by atoms with van der Waals surface area (Å²) in [6, 6.07) is 3.13. The van der Waals surface area contributed by atoms with Crippen molar-refractivity contribution in [2.45, 2.75) is 30.6 Å². The van der Waals surface area contributed by atoms with Gasteiger partial charge in [0.25, 0.3) is 5.91 Å². The van der Waals surface area contributed by atoms with Gasteiger partial charge in [-0.2, -0.15) is 0 Å². The van der Waals surface area contributed by atoms with Crippen LogP contribution in [0.15, 0.2) is 35.1 Å². The molecule has 3 unspecified atom stereocenters. The molecule has 4 rings (SSSR count). The van der Waals surface area contributed by atoms with Gasteiger partial charge in [0, 0.05) is 11.5 Å². The monoisotopic (exact) mass is 444 g/mol. The Kier molecular flexibility index (Phi) is 4.74. The highest BCUT2D eigenvalue weighted by Crippen LogP contribution is 2.55. The topological polar surface area (TPSA) is 182 Å². The maximum atomic E-state index is 13.7. The molecule has 0 radical (unpaired) electrons. The number of likely N-dealkylation sites (N-methyl/N-ethyl adjacent to an activating group) is 1. The number of Topliss-reactive ketones (excluding diaryl/α,β-unsaturated/α-hetero) is 2. The number of hydrogen-bond acceptors (Lipinski definition) is 9. The van der Waals surface area contributed by atoms with Crippen molar-refractivity contribution in [3.63, 3.8) is 0 Å². The fourth-order valence-electron chi connectivity index (χ4n) is 5.58. The van der Waals surface area contributed by atoms with Crippen LogP contribution in [0.5, 0.6) is 5.75 Å². The quantitative estimate of drug-likeness (QED) is 0.327. The number of aliphatic hydroxyl groups excluding tert-OH is 3. The fourth-order valence-corrected chi connectivity index (χ4v) is 5.58. The number of aliphatic hydroxyl groups is 4. The van der Waals surface area contributed by atoms with Crippen molar-refractivity contribution in [3.8, 4) is 5.75 Å². The number of rotatable bonds is 2. The second-order valence-corrected chi connectivity index (χ2v) is 8.79. The third-order valence-electron chi connectivity index (χ3n) is 6.99. The first-order valence-electron chi connectivity index (χ1n) is 10.0. The van der Waals surface area contributed by atoms with E-state index in [1.807, 2.05) is 0 Å². The Labute approximate surface area is 182 Å². The van der Waals surface area contributed by atoms with E-state index in [4.69, 9.17) is 5.73 Å². The Morgan fingerprint density at radius 3 is 2.34 bits per heavy atom. The van der Waals surface area contributed by atoms with Gasteiger partial charge < -0.3 is 31.3 Å². The molecule has 1 aromatic rings. The Balaban J connectivity index is 2.07. The van der Waals surface area contributed by atoms with E-state index in [0.717, 1.165) is 0 Å². The number of amides is 1. The van der Waals surface area contributed by atoms with Crippen LogP contribution in [-0.4, -0.2) is 79.7 Å². The van der Waals surface area contributed by atoms with Crippen LogP contribution in [0.4, 0.5) is 0 Å². The van der Waals surface area contributed by atoms with E-state index in [0.29, 0.717) is 5.56 Å². The fraction of sp³-hybridized carbons (Fsp3) is 0.409. The van der Waals surface area contributed by atoms with Crippen molar-refractivity contribution >= 4 is 23.2 Å². The first-order chi connectivity index (χ1) is 14.9. The van der Waals surface area contributed by atoms with E-state index in [1.165, 1.54) is 25.1 Å². The Bertz CT molecular complexity index is 1140. The first-order valence-corrected chi connectivity index (χ1v) is 10.0. The maximum Gasteiger partial charge on any atom is 0.255 e. The molecule has 1 aromatic carbocycles. The normalized spacial score (nSPS) is 34.4. The largest absolute Gasteiger partial charge is 0.508 e. The number of hydrogen-bond donors (Lipinski definition) is 6. The summed E-state index contributed by atoms with van der Waals surface area (Å²) in [6.45, 7) is 1.68. The molecular formula is C22H24N2O8. The van der Waals surface area contributed by atoms with Crippen molar-refractivity contribution in [2.24, 2.45) is 17.6 Å². The third-order valence-corrected chi connectivity index (χ3v) is 6.99. The molecule has 0 heterocycles. The van der Waals surface area contributed by atoms with Crippen LogP contribution in [0.25, 0.3) is 5.76 Å². The zero-order valence-corrected chi connectivity index (χ0v) is 17.6. The van der Waals surface area contributed by atoms with Crippen LogP contribution in [0, 0.1) is 11.8 Å². The number of nitrogens with two attached hydrogens (primary N) is 1. The molecule has 10 heteroatoms. The van der Waals surface area contributed by atoms with Gasteiger partial charge in [0.05, 0.1) is 23.6 Å². The molecule has 0 spiro atoms. The number of ketones is 2. The summed E-state index contributed by atoms with van der Waals surface area (Å²) in [5.74, 6) is -8.87. The van der Waals surface area contributed by atoms with Gasteiger partial charge in [-0.1, -0.05) is 19.1 Å². The first kappa shape index (κ1) is 22.0. The Hall–Kier alpha value is -3.21. The van der Waals surface area contributed by atoms with Gasteiger partial charge in [0.2, 0.25) is 5.78 Å². The number of phenols is 1. The predicted molar refractivity (Wildman–Crippen MR) is 110 cm³/mol. The molecule has 1 amide bonds. The molecule has 7 N–H and O–H groups in total. The third kappa shape index (κ3) is 2.48. The summed E-state index contributed by atoms with van der Waals surface area (Å²) >= 11 is 0. The zero-order valence-electron chi connectivity index (χ0n) is 17.6.